The highest BCUT2D eigenvalue weighted by Gasteiger charge is 2.42. The number of fused-ring (bicyclic) bond motifs is 3. The molecule has 1 aliphatic carbocycles. The molecule has 162 valence electrons. The first-order chi connectivity index (χ1) is 15.5. The SMILES string of the molecule is COCCn1c2c(c(=O)[nH]c1=O)C(c1ccc(OC)cc1)C1=C(N2)c2ccccc2C1=O. The quantitative estimate of drug-likeness (QED) is 0.643. The van der Waals surface area contributed by atoms with Crippen LogP contribution in [-0.4, -0.2) is 36.2 Å². The molecule has 1 atom stereocenters. The predicted molar refractivity (Wildman–Crippen MR) is 119 cm³/mol. The molecule has 0 saturated heterocycles. The number of Topliss-reactive ketones (excluding diaryl/α,β-unsaturated/α-hetero) is 1. The fourth-order valence-corrected chi connectivity index (χ4v) is 4.49. The van der Waals surface area contributed by atoms with Crippen molar-refractivity contribution in [2.24, 2.45) is 0 Å². The van der Waals surface area contributed by atoms with Crippen LogP contribution in [0.2, 0.25) is 0 Å². The molecule has 1 aliphatic heterocycles. The van der Waals surface area contributed by atoms with Gasteiger partial charge in [0.2, 0.25) is 0 Å². The van der Waals surface area contributed by atoms with E-state index in [0.29, 0.717) is 34.0 Å². The third kappa shape index (κ3) is 2.91. The number of carbonyl (C=O) groups excluding carboxylic acids is 1. The lowest BCUT2D eigenvalue weighted by Gasteiger charge is -2.29. The lowest BCUT2D eigenvalue weighted by Crippen LogP contribution is -2.38. The standard InChI is InChI=1S/C24H21N3O5/c1-31-12-11-27-22-19(23(29)26-24(27)30)17(13-7-9-14(32-2)10-8-13)18-20(25-22)15-5-3-4-6-16(15)21(18)28/h3-10,17,25H,11-12H2,1-2H3,(H,26,29,30). The van der Waals surface area contributed by atoms with Crippen LogP contribution in [0.4, 0.5) is 5.82 Å². The van der Waals surface area contributed by atoms with E-state index in [9.17, 15) is 14.4 Å². The molecule has 0 saturated carbocycles. The molecule has 0 spiro atoms. The first-order valence-electron chi connectivity index (χ1n) is 10.2. The van der Waals surface area contributed by atoms with E-state index in [1.54, 1.807) is 32.4 Å². The van der Waals surface area contributed by atoms with E-state index in [2.05, 4.69) is 10.3 Å². The van der Waals surface area contributed by atoms with Crippen LogP contribution in [0.5, 0.6) is 5.75 Å². The van der Waals surface area contributed by atoms with Crippen LogP contribution < -0.4 is 21.3 Å². The molecule has 8 heteroatoms. The van der Waals surface area contributed by atoms with E-state index in [-0.39, 0.29) is 18.9 Å². The van der Waals surface area contributed by atoms with Crippen LogP contribution in [0.25, 0.3) is 5.70 Å². The summed E-state index contributed by atoms with van der Waals surface area (Å²) in [5, 5.41) is 3.25. The van der Waals surface area contributed by atoms with Crippen LogP contribution in [0.3, 0.4) is 0 Å². The molecule has 1 unspecified atom stereocenters. The summed E-state index contributed by atoms with van der Waals surface area (Å²) in [6.45, 7) is 0.531. The zero-order valence-corrected chi connectivity index (χ0v) is 17.6. The van der Waals surface area contributed by atoms with Gasteiger partial charge in [-0.05, 0) is 17.7 Å². The summed E-state index contributed by atoms with van der Waals surface area (Å²) in [7, 11) is 3.12. The number of hydrogen-bond acceptors (Lipinski definition) is 6. The minimum absolute atomic E-state index is 0.136. The van der Waals surface area contributed by atoms with Gasteiger partial charge in [0.15, 0.2) is 5.78 Å². The van der Waals surface area contributed by atoms with Crippen molar-refractivity contribution < 1.29 is 14.3 Å². The molecule has 5 rings (SSSR count). The Morgan fingerprint density at radius 3 is 2.38 bits per heavy atom. The average molecular weight is 431 g/mol. The molecule has 0 radical (unpaired) electrons. The predicted octanol–water partition coefficient (Wildman–Crippen LogP) is 2.36. The number of rotatable bonds is 5. The second kappa shape index (κ2) is 7.65. The van der Waals surface area contributed by atoms with Crippen molar-refractivity contribution in [3.05, 3.63) is 97.2 Å². The van der Waals surface area contributed by atoms with Crippen LogP contribution in [0, 0.1) is 0 Å². The summed E-state index contributed by atoms with van der Waals surface area (Å²) in [6, 6.07) is 14.6. The highest BCUT2D eigenvalue weighted by molar-refractivity contribution is 6.23. The van der Waals surface area contributed by atoms with Gasteiger partial charge in [0, 0.05) is 29.7 Å². The Kier molecular flexibility index (Phi) is 4.79. The summed E-state index contributed by atoms with van der Waals surface area (Å²) in [4.78, 5) is 41.6. The first kappa shape index (κ1) is 20.0. The molecular weight excluding hydrogens is 410 g/mol. The largest absolute Gasteiger partial charge is 0.497 e. The summed E-state index contributed by atoms with van der Waals surface area (Å²) < 4.78 is 11.9. The Bertz CT molecular complexity index is 1380. The monoisotopic (exact) mass is 431 g/mol. The Hall–Kier alpha value is -3.91. The Morgan fingerprint density at radius 1 is 0.969 bits per heavy atom. The maximum atomic E-state index is 13.5. The zero-order chi connectivity index (χ0) is 22.4. The normalized spacial score (nSPS) is 16.3. The van der Waals surface area contributed by atoms with Crippen molar-refractivity contribution in [2.75, 3.05) is 26.1 Å². The Labute approximate surface area is 183 Å². The zero-order valence-electron chi connectivity index (χ0n) is 17.6. The molecule has 2 heterocycles. The molecule has 1 aromatic heterocycles. The maximum absolute atomic E-state index is 13.5. The maximum Gasteiger partial charge on any atom is 0.330 e. The molecule has 0 amide bonds. The van der Waals surface area contributed by atoms with Gasteiger partial charge in [0.25, 0.3) is 5.56 Å². The minimum Gasteiger partial charge on any atom is -0.497 e. The molecule has 2 aromatic carbocycles. The fourth-order valence-electron chi connectivity index (χ4n) is 4.49. The number of methoxy groups -OCH3 is 2. The Balaban J connectivity index is 1.80. The number of benzene rings is 2. The van der Waals surface area contributed by atoms with Crippen LogP contribution in [-0.2, 0) is 11.3 Å². The molecule has 2 aliphatic rings. The summed E-state index contributed by atoms with van der Waals surface area (Å²) >= 11 is 0. The summed E-state index contributed by atoms with van der Waals surface area (Å²) in [5.74, 6) is 0.255. The number of ether oxygens (including phenoxy) is 2. The van der Waals surface area contributed by atoms with Crippen LogP contribution in [0.15, 0.2) is 63.7 Å². The number of hydrogen-bond donors (Lipinski definition) is 2. The number of aromatic amines is 1. The third-order valence-corrected chi connectivity index (χ3v) is 5.98. The van der Waals surface area contributed by atoms with Gasteiger partial charge in [-0.1, -0.05) is 36.4 Å². The Morgan fingerprint density at radius 2 is 1.69 bits per heavy atom. The average Bonchev–Trinajstić information content (AvgIpc) is 3.10. The number of H-pyrrole nitrogens is 1. The number of anilines is 1. The first-order valence-corrected chi connectivity index (χ1v) is 10.2. The topological polar surface area (TPSA) is 102 Å². The molecular formula is C24H21N3O5. The second-order valence-corrected chi connectivity index (χ2v) is 7.66. The highest BCUT2D eigenvalue weighted by Crippen LogP contribution is 2.47. The molecule has 8 nitrogen and oxygen atoms in total. The number of nitrogens with one attached hydrogen (secondary N) is 2. The van der Waals surface area contributed by atoms with Gasteiger partial charge in [0.1, 0.15) is 11.6 Å². The van der Waals surface area contributed by atoms with E-state index in [1.807, 2.05) is 30.3 Å². The van der Waals surface area contributed by atoms with Crippen molar-refractivity contribution in [3.8, 4) is 5.75 Å². The number of aromatic nitrogens is 2. The van der Waals surface area contributed by atoms with Gasteiger partial charge in [-0.15, -0.1) is 0 Å². The van der Waals surface area contributed by atoms with E-state index < -0.39 is 17.2 Å². The minimum atomic E-state index is -0.648. The van der Waals surface area contributed by atoms with Crippen molar-refractivity contribution in [1.82, 2.24) is 9.55 Å². The lowest BCUT2D eigenvalue weighted by molar-refractivity contribution is 0.103. The number of allylic oxidation sites excluding steroid dienone is 1. The van der Waals surface area contributed by atoms with Gasteiger partial charge in [-0.2, -0.15) is 0 Å². The fraction of sp³-hybridized carbons (Fsp3) is 0.208. The lowest BCUT2D eigenvalue weighted by atomic mass is 9.81. The van der Waals surface area contributed by atoms with Crippen molar-refractivity contribution in [1.29, 1.82) is 0 Å². The number of nitrogens with zero attached hydrogens (tertiary/aromatic N) is 1. The molecule has 3 aromatic rings. The molecule has 0 bridgehead atoms. The molecule has 0 fully saturated rings. The summed E-state index contributed by atoms with van der Waals surface area (Å²) in [6.07, 6.45) is 0. The van der Waals surface area contributed by atoms with Crippen molar-refractivity contribution in [2.45, 2.75) is 12.5 Å². The smallest absolute Gasteiger partial charge is 0.330 e. The van der Waals surface area contributed by atoms with E-state index >= 15 is 0 Å². The summed E-state index contributed by atoms with van der Waals surface area (Å²) in [5.41, 5.74) is 2.45. The van der Waals surface area contributed by atoms with Crippen molar-refractivity contribution in [3.63, 3.8) is 0 Å². The van der Waals surface area contributed by atoms with Crippen LogP contribution in [0.1, 0.15) is 33.0 Å². The van der Waals surface area contributed by atoms with Gasteiger partial charge < -0.3 is 14.8 Å². The number of carbonyl (C=O) groups is 1. The van der Waals surface area contributed by atoms with Gasteiger partial charge in [0.05, 0.1) is 31.5 Å². The van der Waals surface area contributed by atoms with Crippen molar-refractivity contribution >= 4 is 17.3 Å². The number of ketones is 1. The molecule has 32 heavy (non-hydrogen) atoms. The van der Waals surface area contributed by atoms with Gasteiger partial charge in [-0.3, -0.25) is 19.1 Å². The van der Waals surface area contributed by atoms with Gasteiger partial charge in [-0.25, -0.2) is 4.79 Å². The van der Waals surface area contributed by atoms with E-state index in [1.165, 1.54) is 4.57 Å². The van der Waals surface area contributed by atoms with E-state index in [0.717, 1.165) is 11.1 Å². The second-order valence-electron chi connectivity index (χ2n) is 7.66. The van der Waals surface area contributed by atoms with E-state index in [4.69, 9.17) is 9.47 Å². The van der Waals surface area contributed by atoms with Gasteiger partial charge >= 0.3 is 5.69 Å². The van der Waals surface area contributed by atoms with Crippen LogP contribution >= 0.6 is 0 Å². The highest BCUT2D eigenvalue weighted by atomic mass is 16.5. The third-order valence-electron chi connectivity index (χ3n) is 5.98. The molecule has 2 N–H and O–H groups in total.